The molecule has 0 saturated heterocycles. The monoisotopic (exact) mass is 226 g/mol. The summed E-state index contributed by atoms with van der Waals surface area (Å²) in [4.78, 5) is 10.0. The second-order valence-corrected chi connectivity index (χ2v) is 4.06. The van der Waals surface area contributed by atoms with Crippen molar-refractivity contribution < 1.29 is 4.92 Å². The number of thioether (sulfide) groups is 1. The number of nitrogens with zero attached hydrogens (tertiary/aromatic N) is 1. The highest BCUT2D eigenvalue weighted by Crippen LogP contribution is 2.15. The van der Waals surface area contributed by atoms with Crippen LogP contribution >= 0.6 is 11.8 Å². The number of nitro benzene ring substituents is 1. The first-order valence-electron chi connectivity index (χ1n) is 4.71. The van der Waals surface area contributed by atoms with E-state index in [4.69, 9.17) is 0 Å². The lowest BCUT2D eigenvalue weighted by Gasteiger charge is -2.04. The lowest BCUT2D eigenvalue weighted by molar-refractivity contribution is -0.384. The van der Waals surface area contributed by atoms with Crippen molar-refractivity contribution in [2.75, 3.05) is 23.9 Å². The summed E-state index contributed by atoms with van der Waals surface area (Å²) in [6.45, 7) is 0.901. The summed E-state index contributed by atoms with van der Waals surface area (Å²) in [5.74, 6) is 1.12. The van der Waals surface area contributed by atoms with E-state index in [1.165, 1.54) is 12.1 Å². The van der Waals surface area contributed by atoms with Crippen molar-refractivity contribution >= 4 is 23.1 Å². The predicted molar refractivity (Wildman–Crippen MR) is 64.6 cm³/mol. The van der Waals surface area contributed by atoms with E-state index >= 15 is 0 Å². The lowest BCUT2D eigenvalue weighted by atomic mass is 10.3. The van der Waals surface area contributed by atoms with Gasteiger partial charge in [0, 0.05) is 24.4 Å². The number of rotatable bonds is 6. The first kappa shape index (κ1) is 11.8. The second-order valence-electron chi connectivity index (χ2n) is 3.08. The first-order chi connectivity index (χ1) is 7.24. The molecule has 0 aromatic heterocycles. The number of non-ortho nitro benzene ring substituents is 1. The molecule has 0 bridgehead atoms. The molecule has 0 saturated carbocycles. The normalized spacial score (nSPS) is 9.93. The summed E-state index contributed by atoms with van der Waals surface area (Å²) >= 11 is 1.81. The van der Waals surface area contributed by atoms with Gasteiger partial charge < -0.3 is 5.32 Å². The molecule has 1 N–H and O–H groups in total. The van der Waals surface area contributed by atoms with Crippen LogP contribution in [-0.2, 0) is 0 Å². The Morgan fingerprint density at radius 2 is 2.07 bits per heavy atom. The minimum atomic E-state index is -0.391. The van der Waals surface area contributed by atoms with E-state index in [0.29, 0.717) is 0 Å². The Balaban J connectivity index is 2.39. The van der Waals surface area contributed by atoms with Crippen LogP contribution in [0, 0.1) is 10.1 Å². The molecule has 0 heterocycles. The Morgan fingerprint density at radius 3 is 2.60 bits per heavy atom. The van der Waals surface area contributed by atoms with E-state index in [0.717, 1.165) is 24.4 Å². The molecule has 1 aromatic carbocycles. The van der Waals surface area contributed by atoms with Crippen molar-refractivity contribution in [1.29, 1.82) is 0 Å². The summed E-state index contributed by atoms with van der Waals surface area (Å²) in [5, 5.41) is 13.6. The molecule has 0 spiro atoms. The van der Waals surface area contributed by atoms with Crippen LogP contribution in [0.1, 0.15) is 6.42 Å². The number of anilines is 1. The van der Waals surface area contributed by atoms with Crippen LogP contribution in [-0.4, -0.2) is 23.5 Å². The van der Waals surface area contributed by atoms with Gasteiger partial charge in [0.25, 0.3) is 5.69 Å². The molecule has 5 heteroatoms. The quantitative estimate of drug-likeness (QED) is 0.460. The lowest BCUT2D eigenvalue weighted by Crippen LogP contribution is -2.02. The van der Waals surface area contributed by atoms with Crippen molar-refractivity contribution in [3.05, 3.63) is 34.4 Å². The van der Waals surface area contributed by atoms with E-state index < -0.39 is 4.92 Å². The zero-order valence-corrected chi connectivity index (χ0v) is 9.42. The Kier molecular flexibility index (Phi) is 4.97. The summed E-state index contributed by atoms with van der Waals surface area (Å²) in [5.41, 5.74) is 1.06. The van der Waals surface area contributed by atoms with Crippen LogP contribution in [0.15, 0.2) is 24.3 Å². The Morgan fingerprint density at radius 1 is 1.40 bits per heavy atom. The van der Waals surface area contributed by atoms with E-state index in [1.807, 2.05) is 11.8 Å². The molecular weight excluding hydrogens is 212 g/mol. The van der Waals surface area contributed by atoms with Gasteiger partial charge in [-0.15, -0.1) is 0 Å². The van der Waals surface area contributed by atoms with Gasteiger partial charge in [-0.1, -0.05) is 0 Å². The van der Waals surface area contributed by atoms with Crippen molar-refractivity contribution in [1.82, 2.24) is 0 Å². The van der Waals surface area contributed by atoms with Gasteiger partial charge in [0.1, 0.15) is 0 Å². The third kappa shape index (κ3) is 4.20. The van der Waals surface area contributed by atoms with Crippen LogP contribution < -0.4 is 5.32 Å². The minimum Gasteiger partial charge on any atom is -0.385 e. The molecule has 82 valence electrons. The maximum Gasteiger partial charge on any atom is 0.269 e. The molecule has 0 aliphatic rings. The zero-order chi connectivity index (χ0) is 11.1. The van der Waals surface area contributed by atoms with Gasteiger partial charge in [-0.05, 0) is 30.6 Å². The van der Waals surface area contributed by atoms with Crippen LogP contribution in [0.4, 0.5) is 11.4 Å². The summed E-state index contributed by atoms with van der Waals surface area (Å²) in [6.07, 6.45) is 3.17. The van der Waals surface area contributed by atoms with E-state index in [2.05, 4.69) is 11.6 Å². The van der Waals surface area contributed by atoms with Crippen molar-refractivity contribution in [3.8, 4) is 0 Å². The maximum atomic E-state index is 10.4. The van der Waals surface area contributed by atoms with Crippen molar-refractivity contribution in [2.24, 2.45) is 0 Å². The molecule has 0 aliphatic heterocycles. The maximum absolute atomic E-state index is 10.4. The van der Waals surface area contributed by atoms with Gasteiger partial charge in [0.15, 0.2) is 0 Å². The van der Waals surface area contributed by atoms with Crippen molar-refractivity contribution in [2.45, 2.75) is 6.42 Å². The molecule has 0 fully saturated rings. The van der Waals surface area contributed by atoms with Gasteiger partial charge >= 0.3 is 0 Å². The number of benzene rings is 1. The molecule has 0 atom stereocenters. The summed E-state index contributed by atoms with van der Waals surface area (Å²) in [7, 11) is 0. The third-order valence-corrected chi connectivity index (χ3v) is 2.63. The summed E-state index contributed by atoms with van der Waals surface area (Å²) in [6, 6.07) is 6.49. The number of hydrogen-bond donors (Lipinski definition) is 1. The van der Waals surface area contributed by atoms with Gasteiger partial charge in [0.05, 0.1) is 4.92 Å². The van der Waals surface area contributed by atoms with E-state index in [9.17, 15) is 10.1 Å². The van der Waals surface area contributed by atoms with Crippen molar-refractivity contribution in [3.63, 3.8) is 0 Å². The largest absolute Gasteiger partial charge is 0.385 e. The molecule has 0 amide bonds. The zero-order valence-electron chi connectivity index (χ0n) is 8.60. The van der Waals surface area contributed by atoms with Gasteiger partial charge in [-0.3, -0.25) is 10.1 Å². The highest BCUT2D eigenvalue weighted by atomic mass is 32.2. The van der Waals surface area contributed by atoms with Gasteiger partial charge in [-0.2, -0.15) is 11.8 Å². The fourth-order valence-electron chi connectivity index (χ4n) is 1.15. The van der Waals surface area contributed by atoms with E-state index in [1.54, 1.807) is 12.1 Å². The molecule has 0 unspecified atom stereocenters. The van der Waals surface area contributed by atoms with Gasteiger partial charge in [-0.25, -0.2) is 0 Å². The second kappa shape index (κ2) is 6.29. The highest BCUT2D eigenvalue weighted by Gasteiger charge is 2.02. The average molecular weight is 226 g/mol. The van der Waals surface area contributed by atoms with Gasteiger partial charge in [0.2, 0.25) is 0 Å². The SMILES string of the molecule is CSCCCNc1ccc([N+](=O)[O-])cc1. The number of nitrogens with one attached hydrogen (secondary N) is 1. The fourth-order valence-corrected chi connectivity index (χ4v) is 1.58. The van der Waals surface area contributed by atoms with Crippen LogP contribution in [0.2, 0.25) is 0 Å². The molecule has 1 aromatic rings. The topological polar surface area (TPSA) is 55.2 Å². The average Bonchev–Trinajstić information content (AvgIpc) is 2.25. The number of nitro groups is 1. The molecule has 1 rings (SSSR count). The molecule has 4 nitrogen and oxygen atoms in total. The first-order valence-corrected chi connectivity index (χ1v) is 6.10. The summed E-state index contributed by atoms with van der Waals surface area (Å²) < 4.78 is 0. The highest BCUT2D eigenvalue weighted by molar-refractivity contribution is 7.98. The predicted octanol–water partition coefficient (Wildman–Crippen LogP) is 2.76. The van der Waals surface area contributed by atoms with E-state index in [-0.39, 0.29) is 5.69 Å². The molecule has 0 radical (unpaired) electrons. The number of hydrogen-bond acceptors (Lipinski definition) is 4. The van der Waals surface area contributed by atoms with Crippen LogP contribution in [0.5, 0.6) is 0 Å². The fraction of sp³-hybridized carbons (Fsp3) is 0.400. The minimum absolute atomic E-state index is 0.129. The Bertz CT molecular complexity index is 314. The Labute approximate surface area is 93.2 Å². The van der Waals surface area contributed by atoms with Crippen LogP contribution in [0.3, 0.4) is 0 Å². The standard InChI is InChI=1S/C10H14N2O2S/c1-15-8-2-7-11-9-3-5-10(6-4-9)12(13)14/h3-6,11H,2,7-8H2,1H3. The molecule has 0 aliphatic carbocycles. The van der Waals surface area contributed by atoms with Crippen LogP contribution in [0.25, 0.3) is 0 Å². The smallest absolute Gasteiger partial charge is 0.269 e. The Hall–Kier alpha value is -1.23. The molecular formula is C10H14N2O2S. The third-order valence-electron chi connectivity index (χ3n) is 1.93. The molecule has 15 heavy (non-hydrogen) atoms.